The summed E-state index contributed by atoms with van der Waals surface area (Å²) in [5.41, 5.74) is -0.374. The molecule has 0 saturated carbocycles. The van der Waals surface area contributed by atoms with E-state index in [0.29, 0.717) is 17.9 Å². The van der Waals surface area contributed by atoms with E-state index in [1.807, 2.05) is 0 Å². The molecule has 0 spiro atoms. The highest BCUT2D eigenvalue weighted by Crippen LogP contribution is 2.26. The smallest absolute Gasteiger partial charge is 0.323 e. The first-order valence-corrected chi connectivity index (χ1v) is 5.59. The van der Waals surface area contributed by atoms with Gasteiger partial charge >= 0.3 is 5.97 Å². The van der Waals surface area contributed by atoms with Crippen LogP contribution in [-0.4, -0.2) is 40.8 Å². The van der Waals surface area contributed by atoms with E-state index in [2.05, 4.69) is 0 Å². The number of likely N-dealkylation sites (N-methyl/N-ethyl adjacent to an activating group) is 1. The summed E-state index contributed by atoms with van der Waals surface area (Å²) in [6.07, 6.45) is 0. The number of aliphatic carboxylic acids is 1. The van der Waals surface area contributed by atoms with Crippen LogP contribution < -0.4 is 4.74 Å². The van der Waals surface area contributed by atoms with Gasteiger partial charge in [0, 0.05) is 12.1 Å². The third kappa shape index (κ3) is 2.92. The third-order valence-electron chi connectivity index (χ3n) is 3.17. The molecule has 0 amide bonds. The van der Waals surface area contributed by atoms with Crippen molar-refractivity contribution < 1.29 is 19.7 Å². The van der Waals surface area contributed by atoms with E-state index < -0.39 is 11.5 Å². The van der Waals surface area contributed by atoms with Crippen LogP contribution in [0.15, 0.2) is 18.2 Å². The SMILES string of the molecule is COc1ccc(O)c(CN(C)C(C)(C)C(=O)O)c1. The van der Waals surface area contributed by atoms with Crippen LogP contribution >= 0.6 is 0 Å². The van der Waals surface area contributed by atoms with Gasteiger partial charge in [0.25, 0.3) is 0 Å². The summed E-state index contributed by atoms with van der Waals surface area (Å²) in [6, 6.07) is 4.89. The Morgan fingerprint density at radius 1 is 1.44 bits per heavy atom. The number of methoxy groups -OCH3 is 1. The summed E-state index contributed by atoms with van der Waals surface area (Å²) >= 11 is 0. The van der Waals surface area contributed by atoms with Gasteiger partial charge in [0.2, 0.25) is 0 Å². The monoisotopic (exact) mass is 253 g/mol. The maximum absolute atomic E-state index is 11.1. The molecule has 5 heteroatoms. The van der Waals surface area contributed by atoms with Crippen molar-refractivity contribution in [3.8, 4) is 11.5 Å². The summed E-state index contributed by atoms with van der Waals surface area (Å²) < 4.78 is 5.08. The molecule has 0 atom stereocenters. The van der Waals surface area contributed by atoms with E-state index in [1.165, 1.54) is 6.07 Å². The number of hydrogen-bond acceptors (Lipinski definition) is 4. The summed E-state index contributed by atoms with van der Waals surface area (Å²) in [5.74, 6) is -0.152. The van der Waals surface area contributed by atoms with Crippen molar-refractivity contribution in [1.82, 2.24) is 4.90 Å². The first-order valence-electron chi connectivity index (χ1n) is 5.59. The predicted octanol–water partition coefficient (Wildman–Crippen LogP) is 1.70. The van der Waals surface area contributed by atoms with Crippen molar-refractivity contribution in [2.75, 3.05) is 14.2 Å². The Kier molecular flexibility index (Phi) is 4.19. The average Bonchev–Trinajstić information content (AvgIpc) is 2.31. The summed E-state index contributed by atoms with van der Waals surface area (Å²) in [6.45, 7) is 3.56. The largest absolute Gasteiger partial charge is 0.508 e. The van der Waals surface area contributed by atoms with E-state index in [1.54, 1.807) is 45.0 Å². The van der Waals surface area contributed by atoms with Crippen LogP contribution in [0.3, 0.4) is 0 Å². The lowest BCUT2D eigenvalue weighted by molar-refractivity contribution is -0.148. The second kappa shape index (κ2) is 5.27. The first-order chi connectivity index (χ1) is 8.28. The molecule has 2 N–H and O–H groups in total. The quantitative estimate of drug-likeness (QED) is 0.835. The third-order valence-corrected chi connectivity index (χ3v) is 3.17. The van der Waals surface area contributed by atoms with Gasteiger partial charge in [-0.25, -0.2) is 0 Å². The fourth-order valence-corrected chi connectivity index (χ4v) is 1.43. The van der Waals surface area contributed by atoms with Crippen LogP contribution in [0.25, 0.3) is 0 Å². The fourth-order valence-electron chi connectivity index (χ4n) is 1.43. The van der Waals surface area contributed by atoms with Gasteiger partial charge in [-0.1, -0.05) is 0 Å². The van der Waals surface area contributed by atoms with Crippen LogP contribution in [-0.2, 0) is 11.3 Å². The van der Waals surface area contributed by atoms with Crippen LogP contribution in [0.4, 0.5) is 0 Å². The highest BCUT2D eigenvalue weighted by molar-refractivity contribution is 5.77. The summed E-state index contributed by atoms with van der Waals surface area (Å²) in [5, 5.41) is 18.9. The second-order valence-corrected chi connectivity index (χ2v) is 4.71. The standard InChI is InChI=1S/C13H19NO4/c1-13(2,12(16)17)14(3)8-9-7-10(18-4)5-6-11(9)15/h5-7,15H,8H2,1-4H3,(H,16,17). The highest BCUT2D eigenvalue weighted by Gasteiger charge is 2.32. The van der Waals surface area contributed by atoms with Gasteiger partial charge < -0.3 is 14.9 Å². The average molecular weight is 253 g/mol. The number of nitrogens with zero attached hydrogens (tertiary/aromatic N) is 1. The first kappa shape index (κ1) is 14.3. The molecule has 0 saturated heterocycles. The molecule has 0 aliphatic rings. The molecule has 0 aliphatic carbocycles. The molecule has 100 valence electrons. The molecule has 1 rings (SSSR count). The lowest BCUT2D eigenvalue weighted by Gasteiger charge is -2.31. The molecule has 0 unspecified atom stereocenters. The van der Waals surface area contributed by atoms with Crippen LogP contribution in [0, 0.1) is 0 Å². The minimum atomic E-state index is -1.00. The molecule has 5 nitrogen and oxygen atoms in total. The van der Waals surface area contributed by atoms with Crippen molar-refractivity contribution in [2.24, 2.45) is 0 Å². The molecular weight excluding hydrogens is 234 g/mol. The number of phenols is 1. The van der Waals surface area contributed by atoms with E-state index in [-0.39, 0.29) is 5.75 Å². The van der Waals surface area contributed by atoms with Gasteiger partial charge in [0.1, 0.15) is 17.0 Å². The summed E-state index contributed by atoms with van der Waals surface area (Å²) in [4.78, 5) is 12.8. The topological polar surface area (TPSA) is 70.0 Å². The van der Waals surface area contributed by atoms with Gasteiger partial charge in [0.05, 0.1) is 7.11 Å². The normalized spacial score (nSPS) is 11.6. The molecule has 0 bridgehead atoms. The minimum absolute atomic E-state index is 0.129. The second-order valence-electron chi connectivity index (χ2n) is 4.71. The van der Waals surface area contributed by atoms with Crippen LogP contribution in [0.2, 0.25) is 0 Å². The van der Waals surface area contributed by atoms with Crippen LogP contribution in [0.5, 0.6) is 11.5 Å². The fraction of sp³-hybridized carbons (Fsp3) is 0.462. The van der Waals surface area contributed by atoms with Crippen molar-refractivity contribution in [1.29, 1.82) is 0 Å². The molecule has 0 aliphatic heterocycles. The number of hydrogen-bond donors (Lipinski definition) is 2. The number of carboxylic acid groups (broad SMARTS) is 1. The Hall–Kier alpha value is -1.75. The van der Waals surface area contributed by atoms with E-state index in [9.17, 15) is 9.90 Å². The lowest BCUT2D eigenvalue weighted by atomic mass is 10.0. The molecule has 1 aromatic carbocycles. The Morgan fingerprint density at radius 2 is 2.06 bits per heavy atom. The van der Waals surface area contributed by atoms with Gasteiger partial charge in [-0.3, -0.25) is 9.69 Å². The van der Waals surface area contributed by atoms with Crippen LogP contribution in [0.1, 0.15) is 19.4 Å². The predicted molar refractivity (Wildman–Crippen MR) is 67.8 cm³/mol. The lowest BCUT2D eigenvalue weighted by Crippen LogP contribution is -2.47. The Labute approximate surface area is 107 Å². The molecule has 18 heavy (non-hydrogen) atoms. The molecule has 1 aromatic rings. The zero-order chi connectivity index (χ0) is 13.9. The number of carboxylic acids is 1. The number of benzene rings is 1. The number of rotatable bonds is 5. The van der Waals surface area contributed by atoms with Crippen molar-refractivity contribution in [3.05, 3.63) is 23.8 Å². The molecule has 0 heterocycles. The van der Waals surface area contributed by atoms with Gasteiger partial charge in [-0.05, 0) is 39.1 Å². The Bertz CT molecular complexity index is 443. The Balaban J connectivity index is 2.94. The zero-order valence-electron chi connectivity index (χ0n) is 11.1. The number of phenolic OH excluding ortho intramolecular Hbond substituents is 1. The molecule has 0 fully saturated rings. The van der Waals surface area contributed by atoms with Crippen molar-refractivity contribution in [3.63, 3.8) is 0 Å². The van der Waals surface area contributed by atoms with Gasteiger partial charge in [-0.2, -0.15) is 0 Å². The molecule has 0 radical (unpaired) electrons. The van der Waals surface area contributed by atoms with Gasteiger partial charge in [-0.15, -0.1) is 0 Å². The van der Waals surface area contributed by atoms with Crippen molar-refractivity contribution in [2.45, 2.75) is 25.9 Å². The molecule has 0 aromatic heterocycles. The van der Waals surface area contributed by atoms with E-state index >= 15 is 0 Å². The van der Waals surface area contributed by atoms with Crippen molar-refractivity contribution >= 4 is 5.97 Å². The number of carbonyl (C=O) groups is 1. The van der Waals surface area contributed by atoms with Gasteiger partial charge in [0.15, 0.2) is 0 Å². The maximum Gasteiger partial charge on any atom is 0.323 e. The summed E-state index contributed by atoms with van der Waals surface area (Å²) in [7, 11) is 3.24. The number of ether oxygens (including phenoxy) is 1. The molecular formula is C13H19NO4. The zero-order valence-corrected chi connectivity index (χ0v) is 11.1. The Morgan fingerprint density at radius 3 is 2.56 bits per heavy atom. The number of aromatic hydroxyl groups is 1. The maximum atomic E-state index is 11.1. The van der Waals surface area contributed by atoms with E-state index in [0.717, 1.165) is 0 Å². The van der Waals surface area contributed by atoms with E-state index in [4.69, 9.17) is 9.84 Å². The highest BCUT2D eigenvalue weighted by atomic mass is 16.5. The minimum Gasteiger partial charge on any atom is -0.508 e.